The molecule has 1 atom stereocenters. The summed E-state index contributed by atoms with van der Waals surface area (Å²) in [5.41, 5.74) is 0. The zero-order valence-corrected chi connectivity index (χ0v) is 15.0. The van der Waals surface area contributed by atoms with Crippen LogP contribution in [0, 0.1) is 5.92 Å². The van der Waals surface area contributed by atoms with Gasteiger partial charge in [-0.1, -0.05) is 65.2 Å². The summed E-state index contributed by atoms with van der Waals surface area (Å²) < 4.78 is 0. The lowest BCUT2D eigenvalue weighted by Crippen LogP contribution is -2.24. The van der Waals surface area contributed by atoms with E-state index in [1.807, 2.05) is 0 Å². The number of hydrogen-bond acceptors (Lipinski definition) is 1. The third kappa shape index (κ3) is 16.0. The Morgan fingerprint density at radius 1 is 0.952 bits per heavy atom. The largest absolute Gasteiger partial charge is 0.356 e. The SMILES string of the molecule is CCCCCCCCCCCC(=O)NCCCC(C)CCl. The number of alkyl halides is 1. The number of carbonyl (C=O) groups is 1. The van der Waals surface area contributed by atoms with Gasteiger partial charge in [-0.05, 0) is 25.2 Å². The van der Waals surface area contributed by atoms with Crippen molar-refractivity contribution in [2.45, 2.75) is 90.9 Å². The summed E-state index contributed by atoms with van der Waals surface area (Å²) in [5, 5.41) is 3.01. The van der Waals surface area contributed by atoms with E-state index in [2.05, 4.69) is 19.2 Å². The van der Waals surface area contributed by atoms with Gasteiger partial charge in [0, 0.05) is 18.8 Å². The second-order valence-electron chi connectivity index (χ2n) is 6.33. The van der Waals surface area contributed by atoms with Gasteiger partial charge in [0.05, 0.1) is 0 Å². The van der Waals surface area contributed by atoms with Crippen molar-refractivity contribution in [1.29, 1.82) is 0 Å². The molecular weight excluding hydrogens is 282 g/mol. The molecule has 126 valence electrons. The molecule has 1 amide bonds. The van der Waals surface area contributed by atoms with Crippen molar-refractivity contribution in [3.63, 3.8) is 0 Å². The number of hydrogen-bond donors (Lipinski definition) is 1. The van der Waals surface area contributed by atoms with Crippen LogP contribution in [-0.4, -0.2) is 18.3 Å². The normalized spacial score (nSPS) is 12.3. The van der Waals surface area contributed by atoms with Crippen LogP contribution in [0.4, 0.5) is 0 Å². The Kier molecular flexibility index (Phi) is 16.0. The molecule has 0 radical (unpaired) electrons. The molecule has 0 rings (SSSR count). The van der Waals surface area contributed by atoms with E-state index < -0.39 is 0 Å². The van der Waals surface area contributed by atoms with Crippen molar-refractivity contribution in [2.75, 3.05) is 12.4 Å². The predicted molar refractivity (Wildman–Crippen MR) is 94.0 cm³/mol. The van der Waals surface area contributed by atoms with Gasteiger partial charge in [-0.3, -0.25) is 4.79 Å². The van der Waals surface area contributed by atoms with E-state index in [0.717, 1.165) is 25.8 Å². The Bertz CT molecular complexity index is 233. The number of amides is 1. The number of carbonyl (C=O) groups excluding carboxylic acids is 1. The number of halogens is 1. The predicted octanol–water partition coefficient (Wildman–Crippen LogP) is 5.68. The molecule has 1 N–H and O–H groups in total. The number of nitrogens with one attached hydrogen (secondary N) is 1. The third-order valence-corrected chi connectivity index (χ3v) is 4.49. The lowest BCUT2D eigenvalue weighted by molar-refractivity contribution is -0.121. The fourth-order valence-electron chi connectivity index (χ4n) is 2.44. The highest BCUT2D eigenvalue weighted by molar-refractivity contribution is 6.18. The summed E-state index contributed by atoms with van der Waals surface area (Å²) in [6.07, 6.45) is 14.5. The Labute approximate surface area is 137 Å². The van der Waals surface area contributed by atoms with E-state index in [1.54, 1.807) is 0 Å². The van der Waals surface area contributed by atoms with Crippen LogP contribution < -0.4 is 5.32 Å². The smallest absolute Gasteiger partial charge is 0.219 e. The van der Waals surface area contributed by atoms with E-state index in [1.165, 1.54) is 51.4 Å². The minimum atomic E-state index is 0.219. The Morgan fingerprint density at radius 2 is 1.52 bits per heavy atom. The molecule has 0 bridgehead atoms. The molecule has 0 aliphatic rings. The van der Waals surface area contributed by atoms with Gasteiger partial charge in [-0.2, -0.15) is 0 Å². The van der Waals surface area contributed by atoms with E-state index in [0.29, 0.717) is 18.2 Å². The van der Waals surface area contributed by atoms with Crippen molar-refractivity contribution in [2.24, 2.45) is 5.92 Å². The van der Waals surface area contributed by atoms with Gasteiger partial charge >= 0.3 is 0 Å². The second-order valence-corrected chi connectivity index (χ2v) is 6.64. The van der Waals surface area contributed by atoms with Crippen LogP contribution in [-0.2, 0) is 4.79 Å². The summed E-state index contributed by atoms with van der Waals surface area (Å²) >= 11 is 5.75. The molecule has 3 heteroatoms. The van der Waals surface area contributed by atoms with Crippen molar-refractivity contribution < 1.29 is 4.79 Å². The highest BCUT2D eigenvalue weighted by Gasteiger charge is 2.02. The summed E-state index contributed by atoms with van der Waals surface area (Å²) in [6.45, 7) is 5.21. The minimum absolute atomic E-state index is 0.219. The minimum Gasteiger partial charge on any atom is -0.356 e. The van der Waals surface area contributed by atoms with Gasteiger partial charge in [-0.25, -0.2) is 0 Å². The Balaban J connectivity index is 3.19. The molecule has 0 aromatic carbocycles. The number of unbranched alkanes of at least 4 members (excludes halogenated alkanes) is 8. The summed E-state index contributed by atoms with van der Waals surface area (Å²) in [6, 6.07) is 0. The number of rotatable bonds is 15. The molecule has 21 heavy (non-hydrogen) atoms. The van der Waals surface area contributed by atoms with Crippen LogP contribution in [0.5, 0.6) is 0 Å². The zero-order chi connectivity index (χ0) is 15.8. The molecule has 0 heterocycles. The molecule has 0 aliphatic carbocycles. The average Bonchev–Trinajstić information content (AvgIpc) is 2.49. The Hall–Kier alpha value is -0.240. The Morgan fingerprint density at radius 3 is 2.10 bits per heavy atom. The highest BCUT2D eigenvalue weighted by Crippen LogP contribution is 2.10. The lowest BCUT2D eigenvalue weighted by Gasteiger charge is -2.08. The molecule has 0 aromatic heterocycles. The molecule has 0 saturated heterocycles. The van der Waals surface area contributed by atoms with Crippen molar-refractivity contribution >= 4 is 17.5 Å². The summed E-state index contributed by atoms with van der Waals surface area (Å²) in [7, 11) is 0. The van der Waals surface area contributed by atoms with Gasteiger partial charge < -0.3 is 5.32 Å². The first kappa shape index (κ1) is 20.8. The fourth-order valence-corrected chi connectivity index (χ4v) is 2.59. The average molecular weight is 318 g/mol. The third-order valence-electron chi connectivity index (χ3n) is 3.97. The van der Waals surface area contributed by atoms with Gasteiger partial charge in [0.15, 0.2) is 0 Å². The topological polar surface area (TPSA) is 29.1 Å². The fraction of sp³-hybridized carbons (Fsp3) is 0.944. The van der Waals surface area contributed by atoms with Crippen molar-refractivity contribution in [3.05, 3.63) is 0 Å². The van der Waals surface area contributed by atoms with Gasteiger partial charge in [0.1, 0.15) is 0 Å². The monoisotopic (exact) mass is 317 g/mol. The van der Waals surface area contributed by atoms with Crippen LogP contribution in [0.2, 0.25) is 0 Å². The maximum absolute atomic E-state index is 11.6. The molecule has 0 aromatic rings. The molecule has 2 nitrogen and oxygen atoms in total. The van der Waals surface area contributed by atoms with Crippen molar-refractivity contribution in [3.8, 4) is 0 Å². The molecule has 0 saturated carbocycles. The van der Waals surface area contributed by atoms with Crippen LogP contribution in [0.3, 0.4) is 0 Å². The molecule has 0 aliphatic heterocycles. The van der Waals surface area contributed by atoms with E-state index in [4.69, 9.17) is 11.6 Å². The second kappa shape index (κ2) is 16.1. The molecule has 1 unspecified atom stereocenters. The van der Waals surface area contributed by atoms with E-state index >= 15 is 0 Å². The highest BCUT2D eigenvalue weighted by atomic mass is 35.5. The van der Waals surface area contributed by atoms with Crippen molar-refractivity contribution in [1.82, 2.24) is 5.32 Å². The quantitative estimate of drug-likeness (QED) is 0.305. The van der Waals surface area contributed by atoms with Gasteiger partial charge in [0.2, 0.25) is 5.91 Å². The summed E-state index contributed by atoms with van der Waals surface area (Å²) in [5.74, 6) is 1.49. The molecule has 0 fully saturated rings. The standard InChI is InChI=1S/C18H36ClNO/c1-3-4-5-6-7-8-9-10-11-14-18(21)20-15-12-13-17(2)16-19/h17H,3-16H2,1-2H3,(H,20,21). The van der Waals surface area contributed by atoms with E-state index in [-0.39, 0.29) is 5.91 Å². The van der Waals surface area contributed by atoms with Crippen LogP contribution in [0.15, 0.2) is 0 Å². The van der Waals surface area contributed by atoms with E-state index in [9.17, 15) is 4.79 Å². The molecular formula is C18H36ClNO. The lowest BCUT2D eigenvalue weighted by atomic mass is 10.1. The first-order chi connectivity index (χ1) is 10.2. The zero-order valence-electron chi connectivity index (χ0n) is 14.3. The van der Waals surface area contributed by atoms with Crippen LogP contribution in [0.1, 0.15) is 90.9 Å². The maximum Gasteiger partial charge on any atom is 0.219 e. The summed E-state index contributed by atoms with van der Waals surface area (Å²) in [4.78, 5) is 11.6. The van der Waals surface area contributed by atoms with Gasteiger partial charge in [-0.15, -0.1) is 11.6 Å². The van der Waals surface area contributed by atoms with Crippen LogP contribution >= 0.6 is 11.6 Å². The van der Waals surface area contributed by atoms with Crippen LogP contribution in [0.25, 0.3) is 0 Å². The first-order valence-corrected chi connectivity index (χ1v) is 9.56. The maximum atomic E-state index is 11.6. The van der Waals surface area contributed by atoms with Gasteiger partial charge in [0.25, 0.3) is 0 Å². The first-order valence-electron chi connectivity index (χ1n) is 9.03. The molecule has 0 spiro atoms.